The minimum absolute atomic E-state index is 0.216. The van der Waals surface area contributed by atoms with E-state index < -0.39 is 18.1 Å². The van der Waals surface area contributed by atoms with Crippen LogP contribution in [0, 0.1) is 0 Å². The Morgan fingerprint density at radius 2 is 1.69 bits per heavy atom. The van der Waals surface area contributed by atoms with Crippen molar-refractivity contribution in [2.45, 2.75) is 57.3 Å². The number of benzene rings is 2. The molecule has 6 nitrogen and oxygen atoms in total. The molecule has 0 saturated heterocycles. The van der Waals surface area contributed by atoms with E-state index in [-0.39, 0.29) is 18.4 Å². The minimum Gasteiger partial charge on any atom is -0.490 e. The third kappa shape index (κ3) is 6.24. The van der Waals surface area contributed by atoms with Gasteiger partial charge in [0.05, 0.1) is 18.6 Å². The number of carboxylic acid groups (broad SMARTS) is 1. The van der Waals surface area contributed by atoms with Gasteiger partial charge >= 0.3 is 5.97 Å². The lowest BCUT2D eigenvalue weighted by atomic mass is 10.0. The summed E-state index contributed by atoms with van der Waals surface area (Å²) in [4.78, 5) is 23.9. The van der Waals surface area contributed by atoms with E-state index in [2.05, 4.69) is 5.32 Å². The first-order valence-electron chi connectivity index (χ1n) is 10.0. The maximum atomic E-state index is 12.6. The highest BCUT2D eigenvalue weighted by atomic mass is 16.5. The van der Waals surface area contributed by atoms with Gasteiger partial charge in [0.25, 0.3) is 5.91 Å². The summed E-state index contributed by atoms with van der Waals surface area (Å²) in [5.41, 5.74) is 0.714. The van der Waals surface area contributed by atoms with Crippen molar-refractivity contribution in [3.63, 3.8) is 0 Å². The lowest BCUT2D eigenvalue weighted by molar-refractivity contribution is -0.138. The summed E-state index contributed by atoms with van der Waals surface area (Å²) in [5.74, 6) is -0.00947. The Labute approximate surface area is 170 Å². The van der Waals surface area contributed by atoms with E-state index in [0.717, 1.165) is 18.6 Å². The van der Waals surface area contributed by atoms with Crippen LogP contribution in [0.15, 0.2) is 54.6 Å². The van der Waals surface area contributed by atoms with Crippen molar-refractivity contribution in [1.82, 2.24) is 5.32 Å². The average Bonchev–Trinajstić information content (AvgIpc) is 3.21. The summed E-state index contributed by atoms with van der Waals surface area (Å²) >= 11 is 0. The highest BCUT2D eigenvalue weighted by molar-refractivity contribution is 5.82. The zero-order valence-corrected chi connectivity index (χ0v) is 16.5. The fourth-order valence-corrected chi connectivity index (χ4v) is 3.45. The Morgan fingerprint density at radius 3 is 2.31 bits per heavy atom. The van der Waals surface area contributed by atoms with E-state index in [1.807, 2.05) is 30.3 Å². The van der Waals surface area contributed by atoms with Crippen molar-refractivity contribution in [1.29, 1.82) is 0 Å². The molecule has 1 aliphatic rings. The second-order valence-corrected chi connectivity index (χ2v) is 7.33. The van der Waals surface area contributed by atoms with E-state index >= 15 is 0 Å². The first kappa shape index (κ1) is 20.7. The molecule has 0 unspecified atom stereocenters. The van der Waals surface area contributed by atoms with Crippen LogP contribution in [-0.4, -0.2) is 29.2 Å². The van der Waals surface area contributed by atoms with Crippen molar-refractivity contribution >= 4 is 11.9 Å². The lowest BCUT2D eigenvalue weighted by Crippen LogP contribution is -2.39. The molecule has 3 rings (SSSR count). The van der Waals surface area contributed by atoms with Crippen LogP contribution in [-0.2, 0) is 9.59 Å². The molecule has 0 aliphatic heterocycles. The quantitative estimate of drug-likeness (QED) is 0.665. The number of para-hydroxylation sites is 1. The summed E-state index contributed by atoms with van der Waals surface area (Å²) in [6.45, 7) is 1.64. The molecule has 2 aromatic rings. The van der Waals surface area contributed by atoms with Crippen LogP contribution in [0.25, 0.3) is 0 Å². The molecular formula is C23H27NO5. The normalized spacial score (nSPS) is 16.0. The Hall–Kier alpha value is -3.02. The number of ether oxygens (including phenoxy) is 2. The van der Waals surface area contributed by atoms with Gasteiger partial charge in [0.2, 0.25) is 0 Å². The molecule has 6 heteroatoms. The smallest absolute Gasteiger partial charge is 0.305 e. The zero-order chi connectivity index (χ0) is 20.6. The van der Waals surface area contributed by atoms with E-state index in [9.17, 15) is 14.7 Å². The third-order valence-corrected chi connectivity index (χ3v) is 5.01. The summed E-state index contributed by atoms with van der Waals surface area (Å²) in [7, 11) is 0. The average molecular weight is 397 g/mol. The van der Waals surface area contributed by atoms with Gasteiger partial charge in [-0.05, 0) is 62.4 Å². The van der Waals surface area contributed by atoms with Gasteiger partial charge in [0.15, 0.2) is 6.10 Å². The molecule has 1 fully saturated rings. The predicted molar refractivity (Wildman–Crippen MR) is 109 cm³/mol. The van der Waals surface area contributed by atoms with Gasteiger partial charge in [-0.1, -0.05) is 30.3 Å². The SMILES string of the molecule is C[C@@H](Oc1ccccc1)C(=O)N[C@@H](CC(=O)O)c1ccc(OC2CCCC2)cc1. The maximum Gasteiger partial charge on any atom is 0.305 e. The standard InChI is InChI=1S/C23H27NO5/c1-16(28-18-7-3-2-4-8-18)23(27)24-21(15-22(25)26)17-11-13-20(14-12-17)29-19-9-5-6-10-19/h2-4,7-8,11-14,16,19,21H,5-6,9-10,15H2,1H3,(H,24,27)(H,25,26)/t16-,21+/m1/s1. The van der Waals surface area contributed by atoms with Crippen LogP contribution in [0.2, 0.25) is 0 Å². The lowest BCUT2D eigenvalue weighted by Gasteiger charge is -2.21. The van der Waals surface area contributed by atoms with Crippen LogP contribution in [0.5, 0.6) is 11.5 Å². The Morgan fingerprint density at radius 1 is 1.03 bits per heavy atom. The molecular weight excluding hydrogens is 370 g/mol. The number of nitrogens with one attached hydrogen (secondary N) is 1. The molecule has 29 heavy (non-hydrogen) atoms. The third-order valence-electron chi connectivity index (χ3n) is 5.01. The molecule has 154 valence electrons. The van der Waals surface area contributed by atoms with Crippen LogP contribution in [0.1, 0.15) is 50.6 Å². The molecule has 0 bridgehead atoms. The molecule has 0 aromatic heterocycles. The summed E-state index contributed by atoms with van der Waals surface area (Å²) < 4.78 is 11.6. The molecule has 2 N–H and O–H groups in total. The molecule has 2 atom stereocenters. The molecule has 0 radical (unpaired) electrons. The Balaban J connectivity index is 1.63. The first-order chi connectivity index (χ1) is 14.0. The number of carbonyl (C=O) groups excluding carboxylic acids is 1. The number of carbonyl (C=O) groups is 2. The number of aliphatic carboxylic acids is 1. The largest absolute Gasteiger partial charge is 0.490 e. The Kier molecular flexibility index (Phi) is 7.11. The van der Waals surface area contributed by atoms with E-state index in [0.29, 0.717) is 11.3 Å². The second-order valence-electron chi connectivity index (χ2n) is 7.33. The predicted octanol–water partition coefficient (Wildman–Crippen LogP) is 4.11. The highest BCUT2D eigenvalue weighted by Crippen LogP contribution is 2.26. The Bertz CT molecular complexity index is 800. The van der Waals surface area contributed by atoms with Crippen molar-refractivity contribution < 1.29 is 24.2 Å². The van der Waals surface area contributed by atoms with Crippen molar-refractivity contribution in [3.05, 3.63) is 60.2 Å². The minimum atomic E-state index is -0.988. The highest BCUT2D eigenvalue weighted by Gasteiger charge is 2.23. The maximum absolute atomic E-state index is 12.6. The molecule has 1 saturated carbocycles. The molecule has 0 spiro atoms. The van der Waals surface area contributed by atoms with Gasteiger partial charge in [-0.25, -0.2) is 0 Å². The van der Waals surface area contributed by atoms with Crippen LogP contribution >= 0.6 is 0 Å². The summed E-state index contributed by atoms with van der Waals surface area (Å²) in [5, 5.41) is 12.1. The van der Waals surface area contributed by atoms with Gasteiger partial charge in [-0.2, -0.15) is 0 Å². The van der Waals surface area contributed by atoms with Crippen molar-refractivity contribution in [3.8, 4) is 11.5 Å². The molecule has 2 aromatic carbocycles. The number of hydrogen-bond acceptors (Lipinski definition) is 4. The number of hydrogen-bond donors (Lipinski definition) is 2. The van der Waals surface area contributed by atoms with E-state index in [4.69, 9.17) is 9.47 Å². The first-order valence-corrected chi connectivity index (χ1v) is 10.0. The number of rotatable bonds is 9. The van der Waals surface area contributed by atoms with Gasteiger partial charge in [-0.3, -0.25) is 9.59 Å². The van der Waals surface area contributed by atoms with Gasteiger partial charge < -0.3 is 19.9 Å². The molecule has 1 aliphatic carbocycles. The fraction of sp³-hybridized carbons (Fsp3) is 0.391. The fourth-order valence-electron chi connectivity index (χ4n) is 3.45. The summed E-state index contributed by atoms with van der Waals surface area (Å²) in [6.07, 6.45) is 3.81. The number of carboxylic acids is 1. The van der Waals surface area contributed by atoms with Crippen molar-refractivity contribution in [2.24, 2.45) is 0 Å². The van der Waals surface area contributed by atoms with Crippen LogP contribution in [0.3, 0.4) is 0 Å². The molecule has 1 amide bonds. The van der Waals surface area contributed by atoms with Crippen LogP contribution < -0.4 is 14.8 Å². The van der Waals surface area contributed by atoms with E-state index in [1.54, 1.807) is 31.2 Å². The summed E-state index contributed by atoms with van der Waals surface area (Å²) in [6, 6.07) is 15.7. The zero-order valence-electron chi connectivity index (χ0n) is 16.5. The van der Waals surface area contributed by atoms with Gasteiger partial charge in [0, 0.05) is 0 Å². The topological polar surface area (TPSA) is 84.9 Å². The van der Waals surface area contributed by atoms with E-state index in [1.165, 1.54) is 12.8 Å². The molecule has 0 heterocycles. The number of amides is 1. The van der Waals surface area contributed by atoms with Gasteiger partial charge in [-0.15, -0.1) is 0 Å². The monoisotopic (exact) mass is 397 g/mol. The van der Waals surface area contributed by atoms with Crippen LogP contribution in [0.4, 0.5) is 0 Å². The van der Waals surface area contributed by atoms with Gasteiger partial charge in [0.1, 0.15) is 11.5 Å². The van der Waals surface area contributed by atoms with Crippen molar-refractivity contribution in [2.75, 3.05) is 0 Å². The second kappa shape index (κ2) is 9.96.